The number of nitrogens with zero attached hydrogens (tertiary/aromatic N) is 3. The molecule has 9 nitrogen and oxygen atoms in total. The number of amides is 1. The van der Waals surface area contributed by atoms with E-state index in [1.807, 2.05) is 53.1 Å². The van der Waals surface area contributed by atoms with Crippen molar-refractivity contribution >= 4 is 23.4 Å². The van der Waals surface area contributed by atoms with Crippen molar-refractivity contribution in [3.8, 4) is 40.1 Å². The summed E-state index contributed by atoms with van der Waals surface area (Å²) in [7, 11) is 6.34. The van der Waals surface area contributed by atoms with E-state index in [-0.39, 0.29) is 11.7 Å². The monoisotopic (exact) mass is 506 g/mol. The molecule has 0 atom stereocenters. The van der Waals surface area contributed by atoms with Gasteiger partial charge in [-0.3, -0.25) is 9.36 Å². The smallest absolute Gasteiger partial charge is 0.234 e. The van der Waals surface area contributed by atoms with E-state index in [0.29, 0.717) is 33.9 Å². The van der Waals surface area contributed by atoms with Crippen LogP contribution in [0.4, 0.5) is 5.69 Å². The van der Waals surface area contributed by atoms with Gasteiger partial charge in [0.15, 0.2) is 11.0 Å². The number of anilines is 1. The number of ether oxygens (including phenoxy) is 4. The van der Waals surface area contributed by atoms with Crippen molar-refractivity contribution in [3.63, 3.8) is 0 Å². The highest BCUT2D eigenvalue weighted by molar-refractivity contribution is 7.99. The number of hydrogen-bond acceptors (Lipinski definition) is 8. The first-order chi connectivity index (χ1) is 17.6. The van der Waals surface area contributed by atoms with Crippen LogP contribution in [0, 0.1) is 0 Å². The van der Waals surface area contributed by atoms with E-state index in [9.17, 15) is 4.79 Å². The molecule has 0 bridgehead atoms. The minimum absolute atomic E-state index is 0.113. The van der Waals surface area contributed by atoms with E-state index in [1.165, 1.54) is 18.9 Å². The molecule has 4 rings (SSSR count). The van der Waals surface area contributed by atoms with Gasteiger partial charge in [-0.25, -0.2) is 0 Å². The maximum absolute atomic E-state index is 12.8. The van der Waals surface area contributed by atoms with Crippen molar-refractivity contribution in [2.24, 2.45) is 0 Å². The average molecular weight is 507 g/mol. The van der Waals surface area contributed by atoms with Crippen LogP contribution in [0.5, 0.6) is 23.0 Å². The lowest BCUT2D eigenvalue weighted by Gasteiger charge is -2.13. The lowest BCUT2D eigenvalue weighted by Crippen LogP contribution is -2.15. The Balaban J connectivity index is 1.60. The number of carbonyl (C=O) groups excluding carboxylic acids is 1. The number of carbonyl (C=O) groups is 1. The molecule has 0 spiro atoms. The molecule has 10 heteroatoms. The van der Waals surface area contributed by atoms with Gasteiger partial charge in [-0.2, -0.15) is 0 Å². The van der Waals surface area contributed by atoms with Crippen molar-refractivity contribution in [2.45, 2.75) is 5.16 Å². The number of nitrogens with one attached hydrogen (secondary N) is 1. The van der Waals surface area contributed by atoms with Gasteiger partial charge in [-0.15, -0.1) is 10.2 Å². The maximum Gasteiger partial charge on any atom is 0.234 e. The van der Waals surface area contributed by atoms with Gasteiger partial charge in [0.1, 0.15) is 23.0 Å². The van der Waals surface area contributed by atoms with Crippen LogP contribution >= 0.6 is 11.8 Å². The number of thioether (sulfide) groups is 1. The molecule has 0 saturated heterocycles. The van der Waals surface area contributed by atoms with Gasteiger partial charge < -0.3 is 24.3 Å². The summed E-state index contributed by atoms with van der Waals surface area (Å²) in [6, 6.07) is 20.3. The molecule has 0 saturated carbocycles. The largest absolute Gasteiger partial charge is 0.497 e. The molecule has 0 radical (unpaired) electrons. The summed E-state index contributed by atoms with van der Waals surface area (Å²) >= 11 is 1.28. The third-order valence-corrected chi connectivity index (χ3v) is 6.24. The third kappa shape index (κ3) is 5.55. The number of aromatic nitrogens is 3. The summed E-state index contributed by atoms with van der Waals surface area (Å²) < 4.78 is 23.2. The van der Waals surface area contributed by atoms with E-state index >= 15 is 0 Å². The molecule has 4 aromatic rings. The van der Waals surface area contributed by atoms with Crippen LogP contribution in [0.3, 0.4) is 0 Å². The molecule has 1 amide bonds. The van der Waals surface area contributed by atoms with Gasteiger partial charge in [-0.1, -0.05) is 23.9 Å². The number of hydrogen-bond donors (Lipinski definition) is 1. The molecule has 186 valence electrons. The quantitative estimate of drug-likeness (QED) is 0.309. The Morgan fingerprint density at radius 3 is 2.22 bits per heavy atom. The molecule has 1 N–H and O–H groups in total. The minimum Gasteiger partial charge on any atom is -0.497 e. The summed E-state index contributed by atoms with van der Waals surface area (Å²) in [5.74, 6) is 3.11. The number of benzene rings is 3. The fraction of sp³-hybridized carbons (Fsp3) is 0.192. The minimum atomic E-state index is -0.212. The Bertz CT molecular complexity index is 1340. The zero-order valence-electron chi connectivity index (χ0n) is 20.3. The Morgan fingerprint density at radius 1 is 0.833 bits per heavy atom. The van der Waals surface area contributed by atoms with E-state index in [0.717, 1.165) is 17.0 Å². The van der Waals surface area contributed by atoms with Crippen molar-refractivity contribution in [1.82, 2.24) is 14.8 Å². The summed E-state index contributed by atoms with van der Waals surface area (Å²) in [5, 5.41) is 12.3. The fourth-order valence-corrected chi connectivity index (χ4v) is 4.25. The molecule has 0 aliphatic heterocycles. The molecular weight excluding hydrogens is 480 g/mol. The van der Waals surface area contributed by atoms with Crippen LogP contribution in [0.15, 0.2) is 71.9 Å². The lowest BCUT2D eigenvalue weighted by molar-refractivity contribution is -0.113. The Kier molecular flexibility index (Phi) is 7.96. The van der Waals surface area contributed by atoms with Gasteiger partial charge >= 0.3 is 0 Å². The van der Waals surface area contributed by atoms with Crippen LogP contribution in [-0.2, 0) is 4.79 Å². The molecule has 0 aliphatic rings. The summed E-state index contributed by atoms with van der Waals surface area (Å²) in [6.45, 7) is 0. The topological polar surface area (TPSA) is 96.7 Å². The van der Waals surface area contributed by atoms with Gasteiger partial charge in [0.05, 0.1) is 39.9 Å². The first-order valence-corrected chi connectivity index (χ1v) is 11.9. The van der Waals surface area contributed by atoms with Crippen molar-refractivity contribution in [3.05, 3.63) is 66.7 Å². The lowest BCUT2D eigenvalue weighted by atomic mass is 10.2. The van der Waals surface area contributed by atoms with E-state index in [2.05, 4.69) is 15.5 Å². The predicted octanol–water partition coefficient (Wildman–Crippen LogP) is 4.70. The van der Waals surface area contributed by atoms with Crippen LogP contribution < -0.4 is 24.3 Å². The van der Waals surface area contributed by atoms with Gasteiger partial charge in [-0.05, 0) is 48.5 Å². The van der Waals surface area contributed by atoms with Gasteiger partial charge in [0, 0.05) is 17.3 Å². The van der Waals surface area contributed by atoms with Crippen molar-refractivity contribution in [2.75, 3.05) is 39.5 Å². The van der Waals surface area contributed by atoms with Gasteiger partial charge in [0.25, 0.3) is 0 Å². The summed E-state index contributed by atoms with van der Waals surface area (Å²) in [5.41, 5.74) is 2.22. The van der Waals surface area contributed by atoms with Crippen molar-refractivity contribution < 1.29 is 23.7 Å². The number of methoxy groups -OCH3 is 4. The molecule has 3 aromatic carbocycles. The zero-order chi connectivity index (χ0) is 25.5. The predicted molar refractivity (Wildman–Crippen MR) is 139 cm³/mol. The molecule has 36 heavy (non-hydrogen) atoms. The Labute approximate surface area is 213 Å². The highest BCUT2D eigenvalue weighted by Crippen LogP contribution is 2.32. The second kappa shape index (κ2) is 11.5. The molecule has 0 fully saturated rings. The van der Waals surface area contributed by atoms with Crippen LogP contribution in [0.2, 0.25) is 0 Å². The Morgan fingerprint density at radius 2 is 1.53 bits per heavy atom. The molecule has 1 heterocycles. The highest BCUT2D eigenvalue weighted by atomic mass is 32.2. The number of rotatable bonds is 10. The normalized spacial score (nSPS) is 10.6. The molecule has 0 aliphatic carbocycles. The fourth-order valence-electron chi connectivity index (χ4n) is 3.49. The van der Waals surface area contributed by atoms with E-state index < -0.39 is 0 Å². The first kappa shape index (κ1) is 24.9. The summed E-state index contributed by atoms with van der Waals surface area (Å²) in [6.07, 6.45) is 0. The van der Waals surface area contributed by atoms with Crippen LogP contribution in [0.1, 0.15) is 0 Å². The SMILES string of the molecule is COc1ccc(-n2c(SCC(=O)Nc3ccc(OC)cc3OC)nnc2-c2cccc(OC)c2)cc1. The second-order valence-electron chi connectivity index (χ2n) is 7.47. The van der Waals surface area contributed by atoms with E-state index in [1.54, 1.807) is 39.5 Å². The zero-order valence-corrected chi connectivity index (χ0v) is 21.2. The standard InChI is InChI=1S/C26H26N4O5S/c1-32-19-10-8-18(9-11-19)30-25(17-6-5-7-20(14-17)33-2)28-29-26(30)36-16-24(31)27-22-13-12-21(34-3)15-23(22)35-4/h5-15H,16H2,1-4H3,(H,27,31). The van der Waals surface area contributed by atoms with Crippen LogP contribution in [0.25, 0.3) is 17.1 Å². The highest BCUT2D eigenvalue weighted by Gasteiger charge is 2.18. The van der Waals surface area contributed by atoms with E-state index in [4.69, 9.17) is 18.9 Å². The second-order valence-corrected chi connectivity index (χ2v) is 8.42. The Hall–Kier alpha value is -4.18. The molecular formula is C26H26N4O5S. The van der Waals surface area contributed by atoms with Crippen LogP contribution in [-0.4, -0.2) is 54.9 Å². The van der Waals surface area contributed by atoms with Crippen molar-refractivity contribution in [1.29, 1.82) is 0 Å². The molecule has 0 unspecified atom stereocenters. The summed E-state index contributed by atoms with van der Waals surface area (Å²) in [4.78, 5) is 12.8. The average Bonchev–Trinajstić information content (AvgIpc) is 3.36. The molecule has 1 aromatic heterocycles. The third-order valence-electron chi connectivity index (χ3n) is 5.31. The van der Waals surface area contributed by atoms with Gasteiger partial charge in [0.2, 0.25) is 5.91 Å². The first-order valence-electron chi connectivity index (χ1n) is 10.9. The maximum atomic E-state index is 12.8.